The first-order valence-electron chi connectivity index (χ1n) is 11.1. The number of rotatable bonds is 9. The van der Waals surface area contributed by atoms with Crippen LogP contribution in [0.25, 0.3) is 10.9 Å². The van der Waals surface area contributed by atoms with Crippen molar-refractivity contribution in [1.29, 1.82) is 5.41 Å². The van der Waals surface area contributed by atoms with E-state index >= 15 is 0 Å². The van der Waals surface area contributed by atoms with Gasteiger partial charge >= 0.3 is 0 Å². The van der Waals surface area contributed by atoms with E-state index in [2.05, 4.69) is 15.6 Å². The van der Waals surface area contributed by atoms with Gasteiger partial charge in [0.05, 0.1) is 17.8 Å². The minimum atomic E-state index is -0.625. The molecule has 3 atom stereocenters. The number of benzene rings is 1. The van der Waals surface area contributed by atoms with E-state index in [1.165, 1.54) is 6.42 Å². The Bertz CT molecular complexity index is 864. The van der Waals surface area contributed by atoms with Crippen molar-refractivity contribution in [3.8, 4) is 0 Å². The second kappa shape index (κ2) is 10.0. The molecule has 1 heterocycles. The largest absolute Gasteiger partial charge is 0.358 e. The standard InChI is InChI=1S/C24H34N4O2/c1-4-18(20-14-17-12-8-9-13-19(17)27-20)21(25)23(29)22(16-10-6-5-7-11-16)28-24(30)15(2)26-3/h8-9,12-16,18,22,25-27H,4-7,10-11H2,1-3H3,(H,28,30). The SMILES string of the molecule is CCC(C(=N)C(=O)C(NC(=O)C(C)NC)C1CCCCC1)c1cc2ccccc2[nH]1. The summed E-state index contributed by atoms with van der Waals surface area (Å²) in [5, 5.41) is 15.8. The molecule has 0 spiro atoms. The first kappa shape index (κ1) is 22.2. The van der Waals surface area contributed by atoms with Gasteiger partial charge in [-0.2, -0.15) is 0 Å². The van der Waals surface area contributed by atoms with Crippen LogP contribution in [0.15, 0.2) is 30.3 Å². The van der Waals surface area contributed by atoms with E-state index < -0.39 is 6.04 Å². The number of hydrogen-bond donors (Lipinski definition) is 4. The number of para-hydroxylation sites is 1. The van der Waals surface area contributed by atoms with E-state index in [9.17, 15) is 9.59 Å². The highest BCUT2D eigenvalue weighted by Gasteiger charge is 2.36. The highest BCUT2D eigenvalue weighted by Crippen LogP contribution is 2.30. The minimum absolute atomic E-state index is 0.0806. The van der Waals surface area contributed by atoms with Gasteiger partial charge in [-0.3, -0.25) is 9.59 Å². The molecule has 0 aliphatic heterocycles. The fourth-order valence-corrected chi connectivity index (χ4v) is 4.48. The molecule has 3 rings (SSSR count). The number of ketones is 1. The molecule has 30 heavy (non-hydrogen) atoms. The molecule has 3 unspecified atom stereocenters. The Morgan fingerprint density at radius 1 is 1.20 bits per heavy atom. The number of carbonyl (C=O) groups excluding carboxylic acids is 2. The molecule has 0 radical (unpaired) electrons. The Labute approximate surface area is 178 Å². The minimum Gasteiger partial charge on any atom is -0.358 e. The smallest absolute Gasteiger partial charge is 0.237 e. The lowest BCUT2D eigenvalue weighted by atomic mass is 9.79. The van der Waals surface area contributed by atoms with Crippen LogP contribution in [0.5, 0.6) is 0 Å². The van der Waals surface area contributed by atoms with Gasteiger partial charge in [0.1, 0.15) is 0 Å². The summed E-state index contributed by atoms with van der Waals surface area (Å²) >= 11 is 0. The molecule has 1 aromatic carbocycles. The Hall–Kier alpha value is -2.47. The molecule has 162 valence electrons. The number of carbonyl (C=O) groups is 2. The van der Waals surface area contributed by atoms with Crippen LogP contribution in [0.4, 0.5) is 0 Å². The Morgan fingerprint density at radius 3 is 2.53 bits per heavy atom. The maximum Gasteiger partial charge on any atom is 0.237 e. The maximum absolute atomic E-state index is 13.5. The second-order valence-electron chi connectivity index (χ2n) is 8.45. The Kier molecular flexibility index (Phi) is 7.43. The van der Waals surface area contributed by atoms with Crippen molar-refractivity contribution in [2.75, 3.05) is 7.05 Å². The van der Waals surface area contributed by atoms with Gasteiger partial charge in [-0.1, -0.05) is 44.4 Å². The topological polar surface area (TPSA) is 97.8 Å². The van der Waals surface area contributed by atoms with Crippen molar-refractivity contribution in [1.82, 2.24) is 15.6 Å². The van der Waals surface area contributed by atoms with E-state index in [1.807, 2.05) is 37.3 Å². The normalized spacial score (nSPS) is 18.0. The van der Waals surface area contributed by atoms with Crippen molar-refractivity contribution in [3.05, 3.63) is 36.0 Å². The second-order valence-corrected chi connectivity index (χ2v) is 8.45. The van der Waals surface area contributed by atoms with Gasteiger partial charge in [0.2, 0.25) is 5.91 Å². The van der Waals surface area contributed by atoms with E-state index in [4.69, 9.17) is 5.41 Å². The number of nitrogens with one attached hydrogen (secondary N) is 4. The molecule has 1 aromatic heterocycles. The molecule has 1 aliphatic carbocycles. The third-order valence-corrected chi connectivity index (χ3v) is 6.48. The van der Waals surface area contributed by atoms with Crippen LogP contribution in [0.1, 0.15) is 64.0 Å². The van der Waals surface area contributed by atoms with E-state index in [-0.39, 0.29) is 35.3 Å². The number of likely N-dealkylation sites (N-methyl/N-ethyl adjacent to an activating group) is 1. The monoisotopic (exact) mass is 410 g/mol. The number of Topliss-reactive ketones (excluding diaryl/α,β-unsaturated/α-hetero) is 1. The van der Waals surface area contributed by atoms with Crippen molar-refractivity contribution in [2.24, 2.45) is 5.92 Å². The van der Waals surface area contributed by atoms with E-state index in [0.717, 1.165) is 42.3 Å². The zero-order valence-electron chi connectivity index (χ0n) is 18.3. The fraction of sp³-hybridized carbons (Fsp3) is 0.542. The highest BCUT2D eigenvalue weighted by atomic mass is 16.2. The predicted molar refractivity (Wildman–Crippen MR) is 121 cm³/mol. The summed E-state index contributed by atoms with van der Waals surface area (Å²) in [6.07, 6.45) is 5.79. The average Bonchev–Trinajstić information content (AvgIpc) is 3.20. The van der Waals surface area contributed by atoms with Crippen LogP contribution < -0.4 is 10.6 Å². The lowest BCUT2D eigenvalue weighted by Gasteiger charge is -2.31. The summed E-state index contributed by atoms with van der Waals surface area (Å²) in [5.41, 5.74) is 1.97. The van der Waals surface area contributed by atoms with Crippen LogP contribution in [0, 0.1) is 11.3 Å². The summed E-state index contributed by atoms with van der Waals surface area (Å²) in [4.78, 5) is 29.5. The Morgan fingerprint density at radius 2 is 1.90 bits per heavy atom. The highest BCUT2D eigenvalue weighted by molar-refractivity contribution is 6.42. The van der Waals surface area contributed by atoms with Crippen molar-refractivity contribution in [2.45, 2.75) is 70.4 Å². The van der Waals surface area contributed by atoms with E-state index in [0.29, 0.717) is 6.42 Å². The van der Waals surface area contributed by atoms with Gasteiger partial charge < -0.3 is 21.0 Å². The molecule has 1 fully saturated rings. The predicted octanol–water partition coefficient (Wildman–Crippen LogP) is 3.92. The van der Waals surface area contributed by atoms with Crippen LogP contribution in [0.2, 0.25) is 0 Å². The molecule has 6 nitrogen and oxygen atoms in total. The van der Waals surface area contributed by atoms with Gasteiger partial charge in [0.25, 0.3) is 0 Å². The first-order chi connectivity index (χ1) is 14.5. The average molecular weight is 411 g/mol. The van der Waals surface area contributed by atoms with Gasteiger partial charge in [0, 0.05) is 17.1 Å². The molecule has 1 amide bonds. The summed E-state index contributed by atoms with van der Waals surface area (Å²) in [6.45, 7) is 3.78. The van der Waals surface area contributed by atoms with Crippen LogP contribution in [-0.2, 0) is 9.59 Å². The molecule has 1 aliphatic rings. The van der Waals surface area contributed by atoms with Gasteiger partial charge in [-0.15, -0.1) is 0 Å². The van der Waals surface area contributed by atoms with Gasteiger partial charge in [-0.05, 0) is 56.7 Å². The molecule has 6 heteroatoms. The zero-order valence-corrected chi connectivity index (χ0v) is 18.3. The van der Waals surface area contributed by atoms with Crippen molar-refractivity contribution in [3.63, 3.8) is 0 Å². The molecular weight excluding hydrogens is 376 g/mol. The molecule has 4 N–H and O–H groups in total. The van der Waals surface area contributed by atoms with Crippen LogP contribution >= 0.6 is 0 Å². The number of amides is 1. The number of H-pyrrole nitrogens is 1. The molecule has 0 bridgehead atoms. The lowest BCUT2D eigenvalue weighted by Crippen LogP contribution is -2.53. The number of fused-ring (bicyclic) bond motifs is 1. The van der Waals surface area contributed by atoms with Crippen molar-refractivity contribution >= 4 is 28.3 Å². The third kappa shape index (κ3) is 4.81. The van der Waals surface area contributed by atoms with Crippen LogP contribution in [-0.4, -0.2) is 41.5 Å². The molecular formula is C24H34N4O2. The van der Waals surface area contributed by atoms with Crippen LogP contribution in [0.3, 0.4) is 0 Å². The molecule has 1 saturated carbocycles. The number of hydrogen-bond acceptors (Lipinski definition) is 4. The third-order valence-electron chi connectivity index (χ3n) is 6.48. The zero-order chi connectivity index (χ0) is 21.7. The molecule has 2 aromatic rings. The quantitative estimate of drug-likeness (QED) is 0.472. The summed E-state index contributed by atoms with van der Waals surface area (Å²) < 4.78 is 0. The summed E-state index contributed by atoms with van der Waals surface area (Å²) in [7, 11) is 1.73. The van der Waals surface area contributed by atoms with Gasteiger partial charge in [0.15, 0.2) is 5.78 Å². The van der Waals surface area contributed by atoms with Crippen molar-refractivity contribution < 1.29 is 9.59 Å². The summed E-state index contributed by atoms with van der Waals surface area (Å²) in [5.74, 6) is -0.647. The Balaban J connectivity index is 1.85. The van der Waals surface area contributed by atoms with Gasteiger partial charge in [-0.25, -0.2) is 0 Å². The first-order valence-corrected chi connectivity index (χ1v) is 11.1. The number of aromatic amines is 1. The lowest BCUT2D eigenvalue weighted by molar-refractivity contribution is -0.127. The molecule has 0 saturated heterocycles. The number of aromatic nitrogens is 1. The summed E-state index contributed by atoms with van der Waals surface area (Å²) in [6, 6.07) is 9.00. The maximum atomic E-state index is 13.5. The van der Waals surface area contributed by atoms with E-state index in [1.54, 1.807) is 14.0 Å². The fourth-order valence-electron chi connectivity index (χ4n) is 4.48.